The highest BCUT2D eigenvalue weighted by Crippen LogP contribution is 2.56. The van der Waals surface area contributed by atoms with E-state index >= 15 is 0 Å². The average Bonchev–Trinajstić information content (AvgIpc) is 3.48. The summed E-state index contributed by atoms with van der Waals surface area (Å²) in [6, 6.07) is 71.1. The summed E-state index contributed by atoms with van der Waals surface area (Å²) >= 11 is 0. The van der Waals surface area contributed by atoms with Crippen LogP contribution in [0.15, 0.2) is 194 Å². The Labute approximate surface area is 332 Å². The second-order valence-corrected chi connectivity index (χ2v) is 16.6. The van der Waals surface area contributed by atoms with Gasteiger partial charge in [-0.25, -0.2) is 0 Å². The first kappa shape index (κ1) is 35.3. The maximum atomic E-state index is 2.45. The minimum atomic E-state index is -0.205. The highest BCUT2D eigenvalue weighted by atomic mass is 15.1. The van der Waals surface area contributed by atoms with E-state index in [1.54, 1.807) is 0 Å². The van der Waals surface area contributed by atoms with E-state index in [0.717, 1.165) is 17.1 Å². The third kappa shape index (κ3) is 6.34. The zero-order chi connectivity index (χ0) is 38.4. The van der Waals surface area contributed by atoms with Crippen molar-refractivity contribution in [2.24, 2.45) is 0 Å². The summed E-state index contributed by atoms with van der Waals surface area (Å²) in [6.07, 6.45) is 0. The second kappa shape index (κ2) is 14.0. The number of anilines is 3. The fourth-order valence-corrected chi connectivity index (χ4v) is 8.63. The Morgan fingerprint density at radius 1 is 0.375 bits per heavy atom. The quantitative estimate of drug-likeness (QED) is 0.158. The Bertz CT molecular complexity index is 2630. The summed E-state index contributed by atoms with van der Waals surface area (Å²) in [4.78, 5) is 2.33. The molecule has 1 aliphatic carbocycles. The summed E-state index contributed by atoms with van der Waals surface area (Å²) in [5.74, 6) is 0. The number of rotatable bonds is 7. The number of benzene rings is 8. The Hall–Kier alpha value is -6.44. The molecular weight excluding hydrogens is 675 g/mol. The lowest BCUT2D eigenvalue weighted by Crippen LogP contribution is -2.16. The standard InChI is InChI=1S/C55H47N/c1-54(2,3)44-28-21-42(22-29-44)48-35-36-49(41-17-11-7-12-18-41)53-52(48)50-34-27-43(37-51(50)55(53,4)5)40-25-32-47(33-26-40)56(45-19-13-8-14-20-45)46-30-23-39(24-31-46)38-15-9-6-10-16-38/h6-37H,1-5H3. The lowest BCUT2D eigenvalue weighted by molar-refractivity contribution is 0.590. The highest BCUT2D eigenvalue weighted by Gasteiger charge is 2.39. The van der Waals surface area contributed by atoms with E-state index in [0.29, 0.717) is 0 Å². The first-order valence-electron chi connectivity index (χ1n) is 19.8. The van der Waals surface area contributed by atoms with Gasteiger partial charge in [0.05, 0.1) is 0 Å². The van der Waals surface area contributed by atoms with Crippen molar-refractivity contribution >= 4 is 17.1 Å². The molecule has 1 heteroatoms. The summed E-state index contributed by atoms with van der Waals surface area (Å²) < 4.78 is 0. The van der Waals surface area contributed by atoms with Gasteiger partial charge in [0.2, 0.25) is 0 Å². The van der Waals surface area contributed by atoms with Gasteiger partial charge in [-0.2, -0.15) is 0 Å². The molecule has 0 aliphatic heterocycles. The van der Waals surface area contributed by atoms with Crippen LogP contribution < -0.4 is 4.90 Å². The Balaban J connectivity index is 1.11. The van der Waals surface area contributed by atoms with Crippen LogP contribution in [0, 0.1) is 0 Å². The SMILES string of the molecule is CC(C)(C)c1ccc(-c2ccc(-c3ccccc3)c3c2-c2ccc(-c4ccc(N(c5ccccc5)c5ccc(-c6ccccc6)cc5)cc4)cc2C3(C)C)cc1. The summed E-state index contributed by atoms with van der Waals surface area (Å²) in [5.41, 5.74) is 20.1. The molecule has 9 rings (SSSR count). The zero-order valence-corrected chi connectivity index (χ0v) is 32.9. The Morgan fingerprint density at radius 2 is 0.786 bits per heavy atom. The van der Waals surface area contributed by atoms with Gasteiger partial charge in [-0.15, -0.1) is 0 Å². The highest BCUT2D eigenvalue weighted by molar-refractivity contribution is 5.98. The van der Waals surface area contributed by atoms with E-state index in [-0.39, 0.29) is 10.8 Å². The van der Waals surface area contributed by atoms with E-state index in [1.165, 1.54) is 72.3 Å². The molecule has 1 aliphatic rings. The molecule has 0 saturated carbocycles. The molecular formula is C55H47N. The molecule has 0 spiro atoms. The molecule has 1 nitrogen and oxygen atoms in total. The van der Waals surface area contributed by atoms with E-state index in [4.69, 9.17) is 0 Å². The third-order valence-electron chi connectivity index (χ3n) is 11.6. The van der Waals surface area contributed by atoms with Crippen LogP contribution in [0.5, 0.6) is 0 Å². The molecule has 272 valence electrons. The zero-order valence-electron chi connectivity index (χ0n) is 32.9. The van der Waals surface area contributed by atoms with E-state index in [9.17, 15) is 0 Å². The smallest absolute Gasteiger partial charge is 0.0462 e. The molecule has 0 N–H and O–H groups in total. The van der Waals surface area contributed by atoms with Gasteiger partial charge < -0.3 is 4.90 Å². The van der Waals surface area contributed by atoms with Gasteiger partial charge in [0.1, 0.15) is 0 Å². The largest absolute Gasteiger partial charge is 0.311 e. The van der Waals surface area contributed by atoms with Crippen molar-refractivity contribution in [3.63, 3.8) is 0 Å². The van der Waals surface area contributed by atoms with E-state index < -0.39 is 0 Å². The third-order valence-corrected chi connectivity index (χ3v) is 11.6. The van der Waals surface area contributed by atoms with Crippen molar-refractivity contribution in [2.45, 2.75) is 45.4 Å². The van der Waals surface area contributed by atoms with Crippen LogP contribution in [-0.4, -0.2) is 0 Å². The van der Waals surface area contributed by atoms with Gasteiger partial charge in [0.15, 0.2) is 0 Å². The van der Waals surface area contributed by atoms with Crippen molar-refractivity contribution in [2.75, 3.05) is 4.90 Å². The molecule has 0 bridgehead atoms. The minimum Gasteiger partial charge on any atom is -0.311 e. The Kier molecular flexibility index (Phi) is 8.82. The monoisotopic (exact) mass is 721 g/mol. The number of hydrogen-bond acceptors (Lipinski definition) is 1. The maximum Gasteiger partial charge on any atom is 0.0462 e. The number of nitrogens with zero attached hydrogens (tertiary/aromatic N) is 1. The predicted octanol–water partition coefficient (Wildman–Crippen LogP) is 15.4. The van der Waals surface area contributed by atoms with Crippen LogP contribution in [0.1, 0.15) is 51.3 Å². The normalized spacial score (nSPS) is 12.9. The molecule has 0 saturated heterocycles. The van der Waals surface area contributed by atoms with Crippen molar-refractivity contribution in [3.05, 3.63) is 211 Å². The molecule has 0 unspecified atom stereocenters. The first-order valence-corrected chi connectivity index (χ1v) is 19.8. The second-order valence-electron chi connectivity index (χ2n) is 16.6. The van der Waals surface area contributed by atoms with E-state index in [1.807, 2.05) is 0 Å². The maximum absolute atomic E-state index is 2.45. The van der Waals surface area contributed by atoms with Crippen LogP contribution in [0.4, 0.5) is 17.1 Å². The molecule has 0 aromatic heterocycles. The lowest BCUT2D eigenvalue weighted by atomic mass is 9.77. The molecule has 56 heavy (non-hydrogen) atoms. The van der Waals surface area contributed by atoms with Crippen molar-refractivity contribution in [1.29, 1.82) is 0 Å². The van der Waals surface area contributed by atoms with E-state index in [2.05, 4.69) is 234 Å². The van der Waals surface area contributed by atoms with Gasteiger partial charge in [0, 0.05) is 22.5 Å². The fraction of sp³-hybridized carbons (Fsp3) is 0.127. The van der Waals surface area contributed by atoms with Crippen molar-refractivity contribution in [3.8, 4) is 55.6 Å². The summed E-state index contributed by atoms with van der Waals surface area (Å²) in [5, 5.41) is 0. The Morgan fingerprint density at radius 3 is 1.36 bits per heavy atom. The lowest BCUT2D eigenvalue weighted by Gasteiger charge is -2.26. The van der Waals surface area contributed by atoms with Crippen LogP contribution in [0.25, 0.3) is 55.6 Å². The van der Waals surface area contributed by atoms with Gasteiger partial charge in [0.25, 0.3) is 0 Å². The first-order chi connectivity index (χ1) is 27.2. The molecule has 8 aromatic rings. The molecule has 0 heterocycles. The molecule has 8 aromatic carbocycles. The van der Waals surface area contributed by atoms with Gasteiger partial charge in [-0.1, -0.05) is 186 Å². The van der Waals surface area contributed by atoms with Crippen molar-refractivity contribution < 1.29 is 0 Å². The summed E-state index contributed by atoms with van der Waals surface area (Å²) in [6.45, 7) is 11.7. The predicted molar refractivity (Wildman–Crippen MR) is 239 cm³/mol. The van der Waals surface area contributed by atoms with Gasteiger partial charge >= 0.3 is 0 Å². The number of para-hydroxylation sites is 1. The molecule has 0 fully saturated rings. The molecule has 0 amide bonds. The minimum absolute atomic E-state index is 0.106. The molecule has 0 radical (unpaired) electrons. The van der Waals surface area contributed by atoms with Crippen LogP contribution >= 0.6 is 0 Å². The number of hydrogen-bond donors (Lipinski definition) is 0. The molecule has 0 atom stereocenters. The van der Waals surface area contributed by atoms with Crippen molar-refractivity contribution in [1.82, 2.24) is 0 Å². The average molecular weight is 722 g/mol. The fourth-order valence-electron chi connectivity index (χ4n) is 8.63. The van der Waals surface area contributed by atoms with Crippen LogP contribution in [0.3, 0.4) is 0 Å². The van der Waals surface area contributed by atoms with Crippen LogP contribution in [-0.2, 0) is 10.8 Å². The number of fused-ring (bicyclic) bond motifs is 3. The van der Waals surface area contributed by atoms with Crippen LogP contribution in [0.2, 0.25) is 0 Å². The topological polar surface area (TPSA) is 3.24 Å². The van der Waals surface area contributed by atoms with Gasteiger partial charge in [-0.05, 0) is 120 Å². The van der Waals surface area contributed by atoms with Gasteiger partial charge in [-0.3, -0.25) is 0 Å². The summed E-state index contributed by atoms with van der Waals surface area (Å²) in [7, 11) is 0.